The predicted octanol–water partition coefficient (Wildman–Crippen LogP) is 3.10. The number of rotatable bonds is 7. The summed E-state index contributed by atoms with van der Waals surface area (Å²) in [6.45, 7) is 2.57. The second-order valence-corrected chi connectivity index (χ2v) is 6.57. The highest BCUT2D eigenvalue weighted by Crippen LogP contribution is 2.34. The van der Waals surface area contributed by atoms with Crippen LogP contribution in [0, 0.1) is 0 Å². The highest BCUT2D eigenvalue weighted by molar-refractivity contribution is 7.15. The van der Waals surface area contributed by atoms with Gasteiger partial charge in [0.15, 0.2) is 11.5 Å². The fourth-order valence-corrected chi connectivity index (χ4v) is 3.54. The molecule has 1 N–H and O–H groups in total. The minimum absolute atomic E-state index is 0.361. The van der Waals surface area contributed by atoms with Gasteiger partial charge >= 0.3 is 0 Å². The summed E-state index contributed by atoms with van der Waals surface area (Å²) in [5, 5.41) is 4.50. The number of benzene rings is 1. The van der Waals surface area contributed by atoms with E-state index in [1.807, 2.05) is 24.4 Å². The number of ether oxygens (including phenoxy) is 3. The van der Waals surface area contributed by atoms with E-state index in [2.05, 4.69) is 10.3 Å². The summed E-state index contributed by atoms with van der Waals surface area (Å²) < 4.78 is 16.2. The SMILES string of the molecule is COc1ccc(-c2cnc(CNCC3CCCO3)s2)cc1OC. The summed E-state index contributed by atoms with van der Waals surface area (Å²) in [6, 6.07) is 5.93. The van der Waals surface area contributed by atoms with Gasteiger partial charge in [0.05, 0.1) is 25.2 Å². The van der Waals surface area contributed by atoms with Crippen molar-refractivity contribution in [2.24, 2.45) is 0 Å². The smallest absolute Gasteiger partial charge is 0.161 e. The second kappa shape index (κ2) is 7.77. The zero-order valence-corrected chi connectivity index (χ0v) is 14.3. The van der Waals surface area contributed by atoms with Crippen molar-refractivity contribution in [1.29, 1.82) is 0 Å². The normalized spacial score (nSPS) is 17.4. The van der Waals surface area contributed by atoms with Gasteiger partial charge in [-0.3, -0.25) is 0 Å². The lowest BCUT2D eigenvalue weighted by atomic mass is 10.2. The van der Waals surface area contributed by atoms with Crippen LogP contribution in [0.25, 0.3) is 10.4 Å². The van der Waals surface area contributed by atoms with E-state index in [-0.39, 0.29) is 0 Å². The monoisotopic (exact) mass is 334 g/mol. The summed E-state index contributed by atoms with van der Waals surface area (Å²) in [5.41, 5.74) is 1.09. The Labute approximate surface area is 140 Å². The molecular weight excluding hydrogens is 312 g/mol. The molecule has 1 unspecified atom stereocenters. The van der Waals surface area contributed by atoms with Crippen molar-refractivity contribution in [3.05, 3.63) is 29.4 Å². The molecule has 2 heterocycles. The van der Waals surface area contributed by atoms with Crippen LogP contribution in [0.15, 0.2) is 24.4 Å². The summed E-state index contributed by atoms with van der Waals surface area (Å²) in [5.74, 6) is 1.47. The lowest BCUT2D eigenvalue weighted by molar-refractivity contribution is 0.110. The first-order chi connectivity index (χ1) is 11.3. The van der Waals surface area contributed by atoms with Crippen LogP contribution < -0.4 is 14.8 Å². The molecule has 5 nitrogen and oxygen atoms in total. The fraction of sp³-hybridized carbons (Fsp3) is 0.471. The van der Waals surface area contributed by atoms with Gasteiger partial charge in [-0.2, -0.15) is 0 Å². The Hall–Kier alpha value is -1.63. The van der Waals surface area contributed by atoms with Gasteiger partial charge in [0, 0.05) is 25.9 Å². The van der Waals surface area contributed by atoms with E-state index in [9.17, 15) is 0 Å². The van der Waals surface area contributed by atoms with Crippen LogP contribution in [0.4, 0.5) is 0 Å². The highest BCUT2D eigenvalue weighted by atomic mass is 32.1. The summed E-state index contributed by atoms with van der Waals surface area (Å²) >= 11 is 1.69. The van der Waals surface area contributed by atoms with Crippen molar-refractivity contribution >= 4 is 11.3 Å². The second-order valence-electron chi connectivity index (χ2n) is 5.45. The first-order valence-electron chi connectivity index (χ1n) is 7.79. The zero-order chi connectivity index (χ0) is 16.1. The average molecular weight is 334 g/mol. The number of methoxy groups -OCH3 is 2. The number of aromatic nitrogens is 1. The van der Waals surface area contributed by atoms with Gasteiger partial charge in [-0.25, -0.2) is 4.98 Å². The quantitative estimate of drug-likeness (QED) is 0.843. The topological polar surface area (TPSA) is 52.6 Å². The first-order valence-corrected chi connectivity index (χ1v) is 8.61. The molecule has 0 amide bonds. The summed E-state index contributed by atoms with van der Waals surface area (Å²) in [7, 11) is 3.29. The Bertz CT molecular complexity index is 639. The van der Waals surface area contributed by atoms with Crippen LogP contribution in [-0.4, -0.2) is 38.5 Å². The molecule has 1 aliphatic rings. The van der Waals surface area contributed by atoms with E-state index in [4.69, 9.17) is 14.2 Å². The van der Waals surface area contributed by atoms with Crippen molar-refractivity contribution in [1.82, 2.24) is 10.3 Å². The summed E-state index contributed by atoms with van der Waals surface area (Å²) in [4.78, 5) is 5.62. The Kier molecular flexibility index (Phi) is 5.48. The van der Waals surface area contributed by atoms with Gasteiger partial charge < -0.3 is 19.5 Å². The maximum Gasteiger partial charge on any atom is 0.161 e. The van der Waals surface area contributed by atoms with Gasteiger partial charge in [-0.1, -0.05) is 0 Å². The third kappa shape index (κ3) is 4.02. The van der Waals surface area contributed by atoms with Gasteiger partial charge in [-0.15, -0.1) is 11.3 Å². The molecule has 23 heavy (non-hydrogen) atoms. The van der Waals surface area contributed by atoms with Crippen LogP contribution in [0.3, 0.4) is 0 Å². The fourth-order valence-electron chi connectivity index (χ4n) is 2.66. The van der Waals surface area contributed by atoms with Crippen molar-refractivity contribution in [3.63, 3.8) is 0 Å². The average Bonchev–Trinajstić information content (AvgIpc) is 3.26. The molecule has 0 radical (unpaired) electrons. The van der Waals surface area contributed by atoms with Crippen molar-refractivity contribution in [2.45, 2.75) is 25.5 Å². The molecule has 2 aromatic rings. The number of hydrogen-bond acceptors (Lipinski definition) is 6. The minimum atomic E-state index is 0.361. The lowest BCUT2D eigenvalue weighted by Gasteiger charge is -2.09. The Morgan fingerprint density at radius 2 is 2.17 bits per heavy atom. The molecule has 124 valence electrons. The maximum absolute atomic E-state index is 5.61. The van der Waals surface area contributed by atoms with Gasteiger partial charge in [0.1, 0.15) is 5.01 Å². The van der Waals surface area contributed by atoms with Crippen LogP contribution in [0.1, 0.15) is 17.8 Å². The molecule has 1 aliphatic heterocycles. The molecule has 0 spiro atoms. The number of thiazole rings is 1. The zero-order valence-electron chi connectivity index (χ0n) is 13.5. The van der Waals surface area contributed by atoms with Gasteiger partial charge in [0.2, 0.25) is 0 Å². The molecule has 1 saturated heterocycles. The van der Waals surface area contributed by atoms with E-state index in [0.29, 0.717) is 6.10 Å². The molecule has 1 fully saturated rings. The largest absolute Gasteiger partial charge is 0.493 e. The standard InChI is InChI=1S/C17H22N2O3S/c1-20-14-6-5-12(8-15(14)21-2)16-10-19-17(23-16)11-18-9-13-4-3-7-22-13/h5-6,8,10,13,18H,3-4,7,9,11H2,1-2H3. The van der Waals surface area contributed by atoms with E-state index in [1.54, 1.807) is 25.6 Å². The van der Waals surface area contributed by atoms with Crippen molar-refractivity contribution < 1.29 is 14.2 Å². The highest BCUT2D eigenvalue weighted by Gasteiger charge is 2.15. The van der Waals surface area contributed by atoms with E-state index >= 15 is 0 Å². The molecule has 6 heteroatoms. The van der Waals surface area contributed by atoms with E-state index < -0.39 is 0 Å². The molecule has 1 atom stereocenters. The maximum atomic E-state index is 5.61. The third-order valence-corrected chi connectivity index (χ3v) is 4.94. The Balaban J connectivity index is 1.62. The molecule has 1 aromatic carbocycles. The van der Waals surface area contributed by atoms with Crippen LogP contribution in [0.5, 0.6) is 11.5 Å². The minimum Gasteiger partial charge on any atom is -0.493 e. The Morgan fingerprint density at radius 1 is 1.30 bits per heavy atom. The van der Waals surface area contributed by atoms with Gasteiger partial charge in [0.25, 0.3) is 0 Å². The number of nitrogens with one attached hydrogen (secondary N) is 1. The molecule has 3 rings (SSSR count). The van der Waals surface area contributed by atoms with Crippen LogP contribution >= 0.6 is 11.3 Å². The van der Waals surface area contributed by atoms with Crippen molar-refractivity contribution in [3.8, 4) is 21.9 Å². The molecule has 1 aromatic heterocycles. The summed E-state index contributed by atoms with van der Waals surface area (Å²) in [6.07, 6.45) is 4.60. The number of nitrogens with zero attached hydrogens (tertiary/aromatic N) is 1. The molecule has 0 aliphatic carbocycles. The van der Waals surface area contributed by atoms with Crippen LogP contribution in [-0.2, 0) is 11.3 Å². The number of hydrogen-bond donors (Lipinski definition) is 1. The van der Waals surface area contributed by atoms with E-state index in [1.165, 1.54) is 6.42 Å². The lowest BCUT2D eigenvalue weighted by Crippen LogP contribution is -2.25. The van der Waals surface area contributed by atoms with Crippen molar-refractivity contribution in [2.75, 3.05) is 27.4 Å². The molecular formula is C17H22N2O3S. The Morgan fingerprint density at radius 3 is 2.91 bits per heavy atom. The van der Waals surface area contributed by atoms with Crippen LogP contribution in [0.2, 0.25) is 0 Å². The first kappa shape index (κ1) is 16.2. The third-order valence-electron chi connectivity index (χ3n) is 3.89. The molecule has 0 saturated carbocycles. The predicted molar refractivity (Wildman–Crippen MR) is 91.3 cm³/mol. The van der Waals surface area contributed by atoms with Gasteiger partial charge in [-0.05, 0) is 36.6 Å². The molecule has 0 bridgehead atoms. The van der Waals surface area contributed by atoms with E-state index in [0.717, 1.165) is 53.1 Å².